The summed E-state index contributed by atoms with van der Waals surface area (Å²) in [4.78, 5) is 12.3. The molecule has 0 aromatic carbocycles. The first-order valence-corrected chi connectivity index (χ1v) is 6.58. The zero-order valence-electron chi connectivity index (χ0n) is 9.37. The van der Waals surface area contributed by atoms with E-state index in [0.717, 1.165) is 24.7 Å². The first-order valence-electron chi connectivity index (χ1n) is 6.58. The largest absolute Gasteiger partial charge is 0.294 e. The van der Waals surface area contributed by atoms with Crippen LogP contribution in [-0.2, 0) is 4.79 Å². The topological polar surface area (TPSA) is 17.1 Å². The number of hydrogen-bond donors (Lipinski definition) is 0. The predicted molar refractivity (Wildman–Crippen MR) is 60.5 cm³/mol. The lowest BCUT2D eigenvalue weighted by atomic mass is 9.63. The van der Waals surface area contributed by atoms with Gasteiger partial charge in [-0.15, -0.1) is 0 Å². The Balaban J connectivity index is 1.74. The lowest BCUT2D eigenvalue weighted by Gasteiger charge is -2.41. The number of fused-ring (bicyclic) bond motifs is 3. The van der Waals surface area contributed by atoms with Crippen LogP contribution in [0.3, 0.4) is 0 Å². The van der Waals surface area contributed by atoms with Crippen LogP contribution in [0, 0.1) is 17.8 Å². The Kier molecular flexibility index (Phi) is 2.42. The minimum atomic E-state index is 0.418. The van der Waals surface area contributed by atoms with Gasteiger partial charge in [0.1, 0.15) is 0 Å². The second kappa shape index (κ2) is 3.77. The van der Waals surface area contributed by atoms with Gasteiger partial charge in [0.05, 0.1) is 0 Å². The van der Waals surface area contributed by atoms with Crippen LogP contribution >= 0.6 is 0 Å². The number of allylic oxidation sites excluding steroid dienone is 2. The van der Waals surface area contributed by atoms with Crippen molar-refractivity contribution in [2.75, 3.05) is 0 Å². The second-order valence-corrected chi connectivity index (χ2v) is 5.61. The van der Waals surface area contributed by atoms with Crippen molar-refractivity contribution in [2.24, 2.45) is 17.8 Å². The van der Waals surface area contributed by atoms with E-state index in [9.17, 15) is 4.79 Å². The van der Waals surface area contributed by atoms with Crippen molar-refractivity contribution < 1.29 is 4.79 Å². The molecule has 0 saturated heterocycles. The van der Waals surface area contributed by atoms with Gasteiger partial charge in [-0.1, -0.05) is 18.9 Å². The van der Waals surface area contributed by atoms with Crippen LogP contribution in [0.15, 0.2) is 11.6 Å². The molecule has 1 unspecified atom stereocenters. The Labute approximate surface area is 91.9 Å². The van der Waals surface area contributed by atoms with E-state index in [1.807, 2.05) is 0 Å². The van der Waals surface area contributed by atoms with Gasteiger partial charge in [0.25, 0.3) is 0 Å². The number of carbonyl (C=O) groups excluding carboxylic acids is 1. The molecule has 15 heavy (non-hydrogen) atoms. The van der Waals surface area contributed by atoms with Gasteiger partial charge in [-0.2, -0.15) is 0 Å². The van der Waals surface area contributed by atoms with E-state index < -0.39 is 0 Å². The molecule has 0 aromatic rings. The molecule has 1 heteroatoms. The molecule has 0 radical (unpaired) electrons. The fraction of sp³-hybridized carbons (Fsp3) is 0.786. The van der Waals surface area contributed by atoms with Crippen molar-refractivity contribution in [1.29, 1.82) is 0 Å². The van der Waals surface area contributed by atoms with Gasteiger partial charge in [-0.05, 0) is 55.9 Å². The lowest BCUT2D eigenvalue weighted by molar-refractivity contribution is -0.124. The standard InChI is InChI=1S/C14H20O/c15-14(12-3-1-2-4-12)13-9-10-5-7-11(13)8-6-10/h3,10-11,13H,1-2,4-9H2. The smallest absolute Gasteiger partial charge is 0.161 e. The fourth-order valence-electron chi connectivity index (χ4n) is 3.83. The van der Waals surface area contributed by atoms with Gasteiger partial charge < -0.3 is 0 Å². The molecule has 0 amide bonds. The molecular weight excluding hydrogens is 184 g/mol. The summed E-state index contributed by atoms with van der Waals surface area (Å²) >= 11 is 0. The first-order chi connectivity index (χ1) is 7.34. The maximum atomic E-state index is 12.3. The van der Waals surface area contributed by atoms with Crippen LogP contribution in [-0.4, -0.2) is 5.78 Å². The molecule has 4 aliphatic rings. The number of Topliss-reactive ketones (excluding diaryl/α,β-unsaturated/α-hetero) is 1. The number of hydrogen-bond acceptors (Lipinski definition) is 1. The van der Waals surface area contributed by atoms with Crippen molar-refractivity contribution in [3.8, 4) is 0 Å². The SMILES string of the molecule is O=C(C1=CCCC1)C1CC2CCC1CC2. The molecule has 4 rings (SSSR count). The Morgan fingerprint density at radius 1 is 1.20 bits per heavy atom. The molecule has 82 valence electrons. The molecule has 1 atom stereocenters. The Morgan fingerprint density at radius 2 is 2.00 bits per heavy atom. The highest BCUT2D eigenvalue weighted by molar-refractivity contribution is 5.97. The van der Waals surface area contributed by atoms with Crippen LogP contribution in [0.5, 0.6) is 0 Å². The Morgan fingerprint density at radius 3 is 2.53 bits per heavy atom. The van der Waals surface area contributed by atoms with Crippen molar-refractivity contribution in [2.45, 2.75) is 51.4 Å². The highest BCUT2D eigenvalue weighted by Gasteiger charge is 2.40. The van der Waals surface area contributed by atoms with Gasteiger partial charge in [0.15, 0.2) is 5.78 Å². The maximum absolute atomic E-state index is 12.3. The monoisotopic (exact) mass is 204 g/mol. The average Bonchev–Trinajstić information content (AvgIpc) is 2.83. The van der Waals surface area contributed by atoms with Crippen LogP contribution in [0.1, 0.15) is 51.4 Å². The predicted octanol–water partition coefficient (Wildman–Crippen LogP) is 3.49. The number of carbonyl (C=O) groups is 1. The molecular formula is C14H20O. The molecule has 4 aliphatic carbocycles. The highest BCUT2D eigenvalue weighted by Crippen LogP contribution is 2.46. The summed E-state index contributed by atoms with van der Waals surface area (Å²) < 4.78 is 0. The molecule has 3 fully saturated rings. The number of rotatable bonds is 2. The van der Waals surface area contributed by atoms with Gasteiger partial charge >= 0.3 is 0 Å². The molecule has 0 heterocycles. The third kappa shape index (κ3) is 1.66. The van der Waals surface area contributed by atoms with Crippen molar-refractivity contribution in [1.82, 2.24) is 0 Å². The van der Waals surface area contributed by atoms with E-state index in [1.165, 1.54) is 44.1 Å². The molecule has 3 saturated carbocycles. The molecule has 0 aliphatic heterocycles. The Hall–Kier alpha value is -0.590. The van der Waals surface area contributed by atoms with E-state index in [2.05, 4.69) is 6.08 Å². The van der Waals surface area contributed by atoms with E-state index in [1.54, 1.807) is 0 Å². The van der Waals surface area contributed by atoms with E-state index >= 15 is 0 Å². The average molecular weight is 204 g/mol. The van der Waals surface area contributed by atoms with Crippen LogP contribution in [0.2, 0.25) is 0 Å². The maximum Gasteiger partial charge on any atom is 0.161 e. The third-order valence-electron chi connectivity index (χ3n) is 4.74. The molecule has 0 aromatic heterocycles. The second-order valence-electron chi connectivity index (χ2n) is 5.61. The molecule has 0 N–H and O–H groups in total. The van der Waals surface area contributed by atoms with Gasteiger partial charge in [0, 0.05) is 5.92 Å². The summed E-state index contributed by atoms with van der Waals surface area (Å²) in [7, 11) is 0. The zero-order valence-corrected chi connectivity index (χ0v) is 9.37. The van der Waals surface area contributed by atoms with E-state index in [4.69, 9.17) is 0 Å². The van der Waals surface area contributed by atoms with Crippen LogP contribution in [0.25, 0.3) is 0 Å². The third-order valence-corrected chi connectivity index (χ3v) is 4.74. The van der Waals surface area contributed by atoms with Gasteiger partial charge in [-0.25, -0.2) is 0 Å². The van der Waals surface area contributed by atoms with E-state index in [-0.39, 0.29) is 0 Å². The summed E-state index contributed by atoms with van der Waals surface area (Å²) in [5.41, 5.74) is 1.17. The van der Waals surface area contributed by atoms with Gasteiger partial charge in [-0.3, -0.25) is 4.79 Å². The molecule has 2 bridgehead atoms. The lowest BCUT2D eigenvalue weighted by Crippen LogP contribution is -2.36. The summed E-state index contributed by atoms with van der Waals surface area (Å²) in [5, 5.41) is 0. The first kappa shape index (κ1) is 9.62. The van der Waals surface area contributed by atoms with Crippen LogP contribution < -0.4 is 0 Å². The van der Waals surface area contributed by atoms with Crippen LogP contribution in [0.4, 0.5) is 0 Å². The molecule has 0 spiro atoms. The Bertz CT molecular complexity index is 294. The zero-order chi connectivity index (χ0) is 10.3. The summed E-state index contributed by atoms with van der Waals surface area (Å²) in [6, 6.07) is 0. The summed E-state index contributed by atoms with van der Waals surface area (Å²) in [6.45, 7) is 0. The highest BCUT2D eigenvalue weighted by atomic mass is 16.1. The molecule has 1 nitrogen and oxygen atoms in total. The fourth-order valence-corrected chi connectivity index (χ4v) is 3.83. The minimum Gasteiger partial charge on any atom is -0.294 e. The quantitative estimate of drug-likeness (QED) is 0.673. The normalized spacial score (nSPS) is 39.2. The minimum absolute atomic E-state index is 0.418. The summed E-state index contributed by atoms with van der Waals surface area (Å²) in [5.74, 6) is 2.57. The van der Waals surface area contributed by atoms with Crippen molar-refractivity contribution in [3.63, 3.8) is 0 Å². The summed E-state index contributed by atoms with van der Waals surface area (Å²) in [6.07, 6.45) is 12.3. The van der Waals surface area contributed by atoms with Crippen molar-refractivity contribution >= 4 is 5.78 Å². The van der Waals surface area contributed by atoms with Gasteiger partial charge in [0.2, 0.25) is 0 Å². The number of ketones is 1. The van der Waals surface area contributed by atoms with Crippen molar-refractivity contribution in [3.05, 3.63) is 11.6 Å². The van der Waals surface area contributed by atoms with E-state index in [0.29, 0.717) is 11.7 Å².